The van der Waals surface area contributed by atoms with E-state index < -0.39 is 0 Å². The van der Waals surface area contributed by atoms with E-state index in [-0.39, 0.29) is 5.91 Å². The Hall–Kier alpha value is -3.17. The van der Waals surface area contributed by atoms with Gasteiger partial charge in [-0.05, 0) is 52.9 Å². The summed E-state index contributed by atoms with van der Waals surface area (Å²) in [5.41, 5.74) is 1.34. The number of hydrogen-bond donors (Lipinski definition) is 0. The monoisotopic (exact) mass is 442 g/mol. The van der Waals surface area contributed by atoms with Gasteiger partial charge in [-0.15, -0.1) is 5.10 Å². The minimum atomic E-state index is -0.0814. The smallest absolute Gasteiger partial charge is 0.257 e. The number of tetrazole rings is 1. The number of halogens is 1. The van der Waals surface area contributed by atoms with Crippen LogP contribution in [0.25, 0.3) is 5.69 Å². The number of aromatic nitrogens is 4. The fourth-order valence-corrected chi connectivity index (χ4v) is 3.73. The lowest BCUT2D eigenvalue weighted by atomic mass is 10.1. The highest BCUT2D eigenvalue weighted by atomic mass is 35.5. The van der Waals surface area contributed by atoms with Gasteiger partial charge in [-0.3, -0.25) is 9.69 Å². The first-order chi connectivity index (χ1) is 15.1. The van der Waals surface area contributed by atoms with Crippen LogP contribution in [0.2, 0.25) is 5.02 Å². The molecule has 0 atom stereocenters. The third-order valence-corrected chi connectivity index (χ3v) is 5.50. The summed E-state index contributed by atoms with van der Waals surface area (Å²) in [6.45, 7) is 3.20. The molecule has 0 radical (unpaired) electrons. The molecule has 1 saturated heterocycles. The van der Waals surface area contributed by atoms with E-state index in [2.05, 4.69) is 20.4 Å². The molecule has 31 heavy (non-hydrogen) atoms. The SMILES string of the molecule is COc1ccc(-n2nnnc2CN2CCN(C(=O)c3cc(Cl)ccc3OC)CC2)cc1. The van der Waals surface area contributed by atoms with Gasteiger partial charge in [0.05, 0.1) is 32.0 Å². The first-order valence-corrected chi connectivity index (χ1v) is 10.2. The first kappa shape index (κ1) is 21.1. The molecule has 3 aromatic rings. The minimum absolute atomic E-state index is 0.0814. The van der Waals surface area contributed by atoms with E-state index in [0.717, 1.165) is 17.3 Å². The van der Waals surface area contributed by atoms with Crippen molar-refractivity contribution in [1.82, 2.24) is 30.0 Å². The molecule has 162 valence electrons. The number of rotatable bonds is 6. The lowest BCUT2D eigenvalue weighted by Crippen LogP contribution is -2.48. The summed E-state index contributed by atoms with van der Waals surface area (Å²) < 4.78 is 12.2. The van der Waals surface area contributed by atoms with Crippen LogP contribution >= 0.6 is 11.6 Å². The summed E-state index contributed by atoms with van der Waals surface area (Å²) in [7, 11) is 3.18. The van der Waals surface area contributed by atoms with Crippen LogP contribution in [0.5, 0.6) is 11.5 Å². The van der Waals surface area contributed by atoms with Crippen molar-refractivity contribution in [3.8, 4) is 17.2 Å². The van der Waals surface area contributed by atoms with Crippen LogP contribution in [0.4, 0.5) is 0 Å². The van der Waals surface area contributed by atoms with Crippen LogP contribution in [0, 0.1) is 0 Å². The highest BCUT2D eigenvalue weighted by molar-refractivity contribution is 6.31. The highest BCUT2D eigenvalue weighted by Gasteiger charge is 2.25. The molecule has 10 heteroatoms. The van der Waals surface area contributed by atoms with Gasteiger partial charge < -0.3 is 14.4 Å². The van der Waals surface area contributed by atoms with Crippen LogP contribution in [-0.2, 0) is 6.54 Å². The number of benzene rings is 2. The van der Waals surface area contributed by atoms with Gasteiger partial charge in [-0.2, -0.15) is 4.68 Å². The number of amides is 1. The van der Waals surface area contributed by atoms with E-state index in [1.54, 1.807) is 37.1 Å². The van der Waals surface area contributed by atoms with Gasteiger partial charge in [0, 0.05) is 31.2 Å². The second-order valence-corrected chi connectivity index (χ2v) is 7.55. The quantitative estimate of drug-likeness (QED) is 0.579. The molecular weight excluding hydrogens is 420 g/mol. The Balaban J connectivity index is 1.40. The molecule has 1 aliphatic rings. The summed E-state index contributed by atoms with van der Waals surface area (Å²) in [5.74, 6) is 1.95. The summed E-state index contributed by atoms with van der Waals surface area (Å²) in [5, 5.41) is 12.6. The zero-order chi connectivity index (χ0) is 21.8. The number of piperazine rings is 1. The highest BCUT2D eigenvalue weighted by Crippen LogP contribution is 2.25. The van der Waals surface area contributed by atoms with Crippen molar-refractivity contribution in [2.24, 2.45) is 0 Å². The zero-order valence-electron chi connectivity index (χ0n) is 17.4. The van der Waals surface area contributed by atoms with Crippen molar-refractivity contribution in [3.63, 3.8) is 0 Å². The summed E-state index contributed by atoms with van der Waals surface area (Å²) in [4.78, 5) is 17.0. The van der Waals surface area contributed by atoms with Gasteiger partial charge in [0.15, 0.2) is 5.82 Å². The van der Waals surface area contributed by atoms with E-state index in [1.165, 1.54) is 0 Å². The molecule has 1 aromatic heterocycles. The first-order valence-electron chi connectivity index (χ1n) is 9.86. The van der Waals surface area contributed by atoms with Gasteiger partial charge >= 0.3 is 0 Å². The summed E-state index contributed by atoms with van der Waals surface area (Å²) in [6.07, 6.45) is 0. The fourth-order valence-electron chi connectivity index (χ4n) is 3.56. The van der Waals surface area contributed by atoms with Crippen molar-refractivity contribution in [2.75, 3.05) is 40.4 Å². The Morgan fingerprint density at radius 3 is 2.45 bits per heavy atom. The third-order valence-electron chi connectivity index (χ3n) is 5.27. The number of carbonyl (C=O) groups is 1. The minimum Gasteiger partial charge on any atom is -0.497 e. The maximum Gasteiger partial charge on any atom is 0.257 e. The van der Waals surface area contributed by atoms with Gasteiger partial charge in [0.25, 0.3) is 5.91 Å². The normalized spacial score (nSPS) is 14.5. The molecule has 1 fully saturated rings. The molecule has 9 nitrogen and oxygen atoms in total. The number of carbonyl (C=O) groups excluding carboxylic acids is 1. The predicted molar refractivity (Wildman–Crippen MR) is 115 cm³/mol. The van der Waals surface area contributed by atoms with Crippen molar-refractivity contribution in [1.29, 1.82) is 0 Å². The number of methoxy groups -OCH3 is 2. The van der Waals surface area contributed by atoms with Gasteiger partial charge in [-0.25, -0.2) is 0 Å². The average Bonchev–Trinajstić information content (AvgIpc) is 3.27. The average molecular weight is 443 g/mol. The van der Waals surface area contributed by atoms with Crippen molar-refractivity contribution in [3.05, 3.63) is 58.9 Å². The molecule has 0 bridgehead atoms. The van der Waals surface area contributed by atoms with E-state index in [1.807, 2.05) is 29.2 Å². The van der Waals surface area contributed by atoms with Crippen LogP contribution in [0.15, 0.2) is 42.5 Å². The number of hydrogen-bond acceptors (Lipinski definition) is 7. The molecule has 1 aliphatic heterocycles. The fraction of sp³-hybridized carbons (Fsp3) is 0.333. The lowest BCUT2D eigenvalue weighted by Gasteiger charge is -2.34. The van der Waals surface area contributed by atoms with Gasteiger partial charge in [0.2, 0.25) is 0 Å². The zero-order valence-corrected chi connectivity index (χ0v) is 18.1. The summed E-state index contributed by atoms with van der Waals surface area (Å²) >= 11 is 6.08. The molecule has 4 rings (SSSR count). The molecule has 0 unspecified atom stereocenters. The predicted octanol–water partition coefficient (Wildman–Crippen LogP) is 2.29. The third kappa shape index (κ3) is 4.62. The van der Waals surface area contributed by atoms with E-state index >= 15 is 0 Å². The summed E-state index contributed by atoms with van der Waals surface area (Å²) in [6, 6.07) is 12.6. The molecule has 0 saturated carbocycles. The van der Waals surface area contributed by atoms with Crippen LogP contribution in [0.3, 0.4) is 0 Å². The van der Waals surface area contributed by atoms with Crippen molar-refractivity contribution < 1.29 is 14.3 Å². The second-order valence-electron chi connectivity index (χ2n) is 7.12. The van der Waals surface area contributed by atoms with E-state index in [9.17, 15) is 4.79 Å². The molecule has 2 heterocycles. The molecule has 0 spiro atoms. The van der Waals surface area contributed by atoms with Crippen LogP contribution in [0.1, 0.15) is 16.2 Å². The molecule has 1 amide bonds. The molecule has 0 aliphatic carbocycles. The van der Waals surface area contributed by atoms with Crippen molar-refractivity contribution in [2.45, 2.75) is 6.54 Å². The topological polar surface area (TPSA) is 85.6 Å². The molecular formula is C21H23ClN6O3. The van der Waals surface area contributed by atoms with Crippen molar-refractivity contribution >= 4 is 17.5 Å². The number of nitrogens with zero attached hydrogens (tertiary/aromatic N) is 6. The Morgan fingerprint density at radius 1 is 1.03 bits per heavy atom. The largest absolute Gasteiger partial charge is 0.497 e. The maximum atomic E-state index is 13.0. The van der Waals surface area contributed by atoms with Gasteiger partial charge in [-0.1, -0.05) is 11.6 Å². The van der Waals surface area contributed by atoms with E-state index in [0.29, 0.717) is 49.1 Å². The Kier molecular flexibility index (Phi) is 6.34. The molecule has 0 N–H and O–H groups in total. The van der Waals surface area contributed by atoms with Gasteiger partial charge in [0.1, 0.15) is 11.5 Å². The van der Waals surface area contributed by atoms with Crippen LogP contribution in [-0.4, -0.2) is 76.3 Å². The number of ether oxygens (including phenoxy) is 2. The van der Waals surface area contributed by atoms with Crippen LogP contribution < -0.4 is 9.47 Å². The molecule has 2 aromatic carbocycles. The maximum absolute atomic E-state index is 13.0. The standard InChI is InChI=1S/C21H23ClN6O3/c1-30-17-6-4-16(5-7-17)28-20(23-24-25-28)14-26-9-11-27(12-10-26)21(29)18-13-15(22)3-8-19(18)31-2/h3-8,13H,9-12,14H2,1-2H3. The van der Waals surface area contributed by atoms with E-state index in [4.69, 9.17) is 21.1 Å². The Morgan fingerprint density at radius 2 is 1.77 bits per heavy atom. The Bertz CT molecular complexity index is 1050. The lowest BCUT2D eigenvalue weighted by molar-refractivity contribution is 0.0621. The Labute approximate surface area is 185 Å². The second kappa shape index (κ2) is 9.32.